The van der Waals surface area contributed by atoms with Gasteiger partial charge in [-0.2, -0.15) is 0 Å². The summed E-state index contributed by atoms with van der Waals surface area (Å²) in [4.78, 5) is 12.5. The number of rotatable bonds is 6. The predicted octanol–water partition coefficient (Wildman–Crippen LogP) is 1.95. The molecule has 0 amide bonds. The molecule has 0 spiro atoms. The van der Waals surface area contributed by atoms with E-state index in [1.807, 2.05) is 26.0 Å². The summed E-state index contributed by atoms with van der Waals surface area (Å²) in [5, 5.41) is 6.29. The molecule has 1 unspecified atom stereocenters. The number of nitrogens with zero attached hydrogens (tertiary/aromatic N) is 3. The third-order valence-electron chi connectivity index (χ3n) is 2.85. The van der Waals surface area contributed by atoms with Crippen LogP contribution in [-0.2, 0) is 4.74 Å². The van der Waals surface area contributed by atoms with E-state index in [-0.39, 0.29) is 6.04 Å². The van der Waals surface area contributed by atoms with E-state index in [2.05, 4.69) is 25.6 Å². The molecule has 0 aliphatic rings. The van der Waals surface area contributed by atoms with Gasteiger partial charge in [-0.25, -0.2) is 15.0 Å². The van der Waals surface area contributed by atoms with E-state index < -0.39 is 0 Å². The van der Waals surface area contributed by atoms with Gasteiger partial charge >= 0.3 is 0 Å². The van der Waals surface area contributed by atoms with Gasteiger partial charge in [0.25, 0.3) is 0 Å². The van der Waals surface area contributed by atoms with Crippen LogP contribution in [-0.4, -0.2) is 34.7 Å². The minimum absolute atomic E-state index is 0.0946. The summed E-state index contributed by atoms with van der Waals surface area (Å²) in [6.45, 7) is 4.54. The summed E-state index contributed by atoms with van der Waals surface area (Å²) in [6, 6.07) is 3.94. The normalized spacial score (nSPS) is 12.0. The highest BCUT2D eigenvalue weighted by Crippen LogP contribution is 2.25. The number of hydrogen-bond donors (Lipinski definition) is 3. The Kier molecular flexibility index (Phi) is 4.89. The molecule has 21 heavy (non-hydrogen) atoms. The maximum atomic E-state index is 6.10. The number of ether oxygens (including phenoxy) is 1. The monoisotopic (exact) mass is 288 g/mol. The molecule has 1 atom stereocenters. The summed E-state index contributed by atoms with van der Waals surface area (Å²) >= 11 is 0. The van der Waals surface area contributed by atoms with Gasteiger partial charge in [0, 0.05) is 19.3 Å². The van der Waals surface area contributed by atoms with Crippen LogP contribution in [0.2, 0.25) is 0 Å². The van der Waals surface area contributed by atoms with Gasteiger partial charge in [0.1, 0.15) is 17.8 Å². The van der Waals surface area contributed by atoms with Gasteiger partial charge in [-0.15, -0.1) is 0 Å². The fourth-order valence-electron chi connectivity index (χ4n) is 1.86. The Bertz CT molecular complexity index is 604. The quantitative estimate of drug-likeness (QED) is 0.747. The van der Waals surface area contributed by atoms with Crippen LogP contribution < -0.4 is 16.4 Å². The smallest absolute Gasteiger partial charge is 0.160 e. The van der Waals surface area contributed by atoms with Crippen LogP contribution in [0.3, 0.4) is 0 Å². The van der Waals surface area contributed by atoms with E-state index in [9.17, 15) is 0 Å². The Labute approximate surface area is 124 Å². The van der Waals surface area contributed by atoms with Crippen LogP contribution in [0.4, 0.5) is 23.1 Å². The molecule has 0 aliphatic heterocycles. The molecule has 7 heteroatoms. The van der Waals surface area contributed by atoms with Crippen molar-refractivity contribution in [3.05, 3.63) is 30.2 Å². The van der Waals surface area contributed by atoms with Crippen molar-refractivity contribution in [1.82, 2.24) is 15.0 Å². The molecule has 0 saturated heterocycles. The van der Waals surface area contributed by atoms with Crippen LogP contribution in [0.1, 0.15) is 12.5 Å². The van der Waals surface area contributed by atoms with Crippen molar-refractivity contribution >= 4 is 23.1 Å². The number of hydrogen-bond acceptors (Lipinski definition) is 7. The third-order valence-corrected chi connectivity index (χ3v) is 2.85. The van der Waals surface area contributed by atoms with Crippen molar-refractivity contribution in [3.8, 4) is 0 Å². The molecular formula is C14H20N6O. The lowest BCUT2D eigenvalue weighted by Gasteiger charge is -2.16. The highest BCUT2D eigenvalue weighted by Gasteiger charge is 2.11. The maximum Gasteiger partial charge on any atom is 0.160 e. The molecule has 0 aromatic carbocycles. The lowest BCUT2D eigenvalue weighted by molar-refractivity contribution is 0.190. The highest BCUT2D eigenvalue weighted by atomic mass is 16.5. The number of nitrogens with two attached hydrogens (primary N) is 1. The summed E-state index contributed by atoms with van der Waals surface area (Å²) < 4.78 is 5.08. The van der Waals surface area contributed by atoms with Crippen molar-refractivity contribution in [2.75, 3.05) is 30.1 Å². The van der Waals surface area contributed by atoms with Crippen LogP contribution in [0.25, 0.3) is 0 Å². The topological polar surface area (TPSA) is 98.0 Å². The minimum Gasteiger partial charge on any atom is -0.393 e. The number of methoxy groups -OCH3 is 1. The molecule has 2 rings (SSSR count). The molecule has 0 fully saturated rings. The minimum atomic E-state index is 0.0946. The standard InChI is InChI=1S/C14H20N6O/c1-9-4-5-16-11(6-9)20-14-12(15)13(17-8-18-14)19-10(2)7-21-3/h4-6,8,10H,7,15H2,1-3H3,(H2,16,17,18,19,20). The van der Waals surface area contributed by atoms with Crippen molar-refractivity contribution in [2.45, 2.75) is 19.9 Å². The van der Waals surface area contributed by atoms with Crippen LogP contribution in [0, 0.1) is 6.92 Å². The first-order valence-corrected chi connectivity index (χ1v) is 6.65. The Hall–Kier alpha value is -2.41. The van der Waals surface area contributed by atoms with Crippen LogP contribution in [0.15, 0.2) is 24.7 Å². The van der Waals surface area contributed by atoms with Gasteiger partial charge in [0.15, 0.2) is 11.6 Å². The fraction of sp³-hybridized carbons (Fsp3) is 0.357. The largest absolute Gasteiger partial charge is 0.393 e. The lowest BCUT2D eigenvalue weighted by Crippen LogP contribution is -2.22. The average Bonchev–Trinajstić information content (AvgIpc) is 2.44. The van der Waals surface area contributed by atoms with Gasteiger partial charge in [-0.1, -0.05) is 0 Å². The SMILES string of the molecule is COCC(C)Nc1ncnc(Nc2cc(C)ccn2)c1N. The molecule has 2 aromatic heterocycles. The van der Waals surface area contributed by atoms with Crippen molar-refractivity contribution in [3.63, 3.8) is 0 Å². The van der Waals surface area contributed by atoms with Gasteiger partial charge in [-0.3, -0.25) is 0 Å². The number of aryl methyl sites for hydroxylation is 1. The van der Waals surface area contributed by atoms with Gasteiger partial charge in [-0.05, 0) is 31.5 Å². The Balaban J connectivity index is 2.17. The number of nitrogens with one attached hydrogen (secondary N) is 2. The highest BCUT2D eigenvalue weighted by molar-refractivity contribution is 5.77. The zero-order valence-corrected chi connectivity index (χ0v) is 12.4. The first-order chi connectivity index (χ1) is 10.1. The van der Waals surface area contributed by atoms with E-state index in [0.29, 0.717) is 29.7 Å². The molecule has 0 bridgehead atoms. The number of anilines is 4. The van der Waals surface area contributed by atoms with Crippen molar-refractivity contribution in [2.24, 2.45) is 0 Å². The number of pyridine rings is 1. The van der Waals surface area contributed by atoms with Crippen molar-refractivity contribution < 1.29 is 4.74 Å². The third kappa shape index (κ3) is 4.03. The summed E-state index contributed by atoms with van der Waals surface area (Å²) in [7, 11) is 1.65. The van der Waals surface area contributed by atoms with Gasteiger partial charge in [0.05, 0.1) is 6.61 Å². The second kappa shape index (κ2) is 6.85. The maximum absolute atomic E-state index is 6.10. The summed E-state index contributed by atoms with van der Waals surface area (Å²) in [5.41, 5.74) is 7.65. The molecule has 4 N–H and O–H groups in total. The summed E-state index contributed by atoms with van der Waals surface area (Å²) in [5.74, 6) is 1.79. The van der Waals surface area contributed by atoms with Crippen molar-refractivity contribution in [1.29, 1.82) is 0 Å². The molecule has 2 heterocycles. The number of aromatic nitrogens is 3. The molecule has 112 valence electrons. The Morgan fingerprint density at radius 3 is 2.76 bits per heavy atom. The second-order valence-corrected chi connectivity index (χ2v) is 4.83. The summed E-state index contributed by atoms with van der Waals surface area (Å²) in [6.07, 6.45) is 3.19. The first-order valence-electron chi connectivity index (χ1n) is 6.65. The zero-order chi connectivity index (χ0) is 15.2. The first kappa shape index (κ1) is 15.0. The Morgan fingerprint density at radius 2 is 2.05 bits per heavy atom. The second-order valence-electron chi connectivity index (χ2n) is 4.83. The molecule has 2 aromatic rings. The van der Waals surface area contributed by atoms with Crippen LogP contribution in [0.5, 0.6) is 0 Å². The molecular weight excluding hydrogens is 268 g/mol. The molecule has 0 aliphatic carbocycles. The lowest BCUT2D eigenvalue weighted by atomic mass is 10.3. The van der Waals surface area contributed by atoms with E-state index in [1.54, 1.807) is 13.3 Å². The van der Waals surface area contributed by atoms with Gasteiger partial charge in [0.2, 0.25) is 0 Å². The predicted molar refractivity (Wildman–Crippen MR) is 83.7 cm³/mol. The Morgan fingerprint density at radius 1 is 1.29 bits per heavy atom. The van der Waals surface area contributed by atoms with E-state index in [4.69, 9.17) is 10.5 Å². The van der Waals surface area contributed by atoms with Crippen LogP contribution >= 0.6 is 0 Å². The molecule has 0 saturated carbocycles. The van der Waals surface area contributed by atoms with Gasteiger partial charge < -0.3 is 21.1 Å². The van der Waals surface area contributed by atoms with E-state index >= 15 is 0 Å². The van der Waals surface area contributed by atoms with E-state index in [1.165, 1.54) is 6.33 Å². The van der Waals surface area contributed by atoms with E-state index in [0.717, 1.165) is 5.56 Å². The number of nitrogen functional groups attached to an aromatic ring is 1. The average molecular weight is 288 g/mol. The fourth-order valence-corrected chi connectivity index (χ4v) is 1.86. The molecule has 0 radical (unpaired) electrons. The zero-order valence-electron chi connectivity index (χ0n) is 12.4. The molecule has 7 nitrogen and oxygen atoms in total.